The van der Waals surface area contributed by atoms with Gasteiger partial charge in [0, 0.05) is 17.5 Å². The first-order valence-electron chi connectivity index (χ1n) is 14.1. The number of aromatic nitrogens is 5. The maximum absolute atomic E-state index is 14.6. The third kappa shape index (κ3) is 6.22. The molecule has 44 heavy (non-hydrogen) atoms. The number of rotatable bonds is 13. The number of halogens is 1. The molecule has 1 N–H and O–H groups in total. The number of ether oxygens (including phenoxy) is 2. The zero-order valence-electron chi connectivity index (χ0n) is 25.7. The van der Waals surface area contributed by atoms with Crippen LogP contribution in [-0.2, 0) is 26.4 Å². The maximum atomic E-state index is 14.6. The van der Waals surface area contributed by atoms with Crippen molar-refractivity contribution < 1.29 is 28.6 Å². The van der Waals surface area contributed by atoms with Crippen LogP contribution in [0.3, 0.4) is 0 Å². The Morgan fingerprint density at radius 1 is 1.14 bits per heavy atom. The largest absolute Gasteiger partial charge is 0.496 e. The lowest BCUT2D eigenvalue weighted by atomic mass is 9.91. The van der Waals surface area contributed by atoms with Crippen LogP contribution in [0.1, 0.15) is 58.3 Å². The topological polar surface area (TPSA) is 148 Å². The number of aryl methyl sites for hydroxylation is 1. The fraction of sp³-hybridized carbons (Fsp3) is 0.467. The summed E-state index contributed by atoms with van der Waals surface area (Å²) in [6.45, 7) is 9.46. The minimum Gasteiger partial charge on any atom is -0.496 e. The highest BCUT2D eigenvalue weighted by Gasteiger charge is 2.36. The molecule has 0 saturated heterocycles. The molecule has 0 aliphatic carbocycles. The van der Waals surface area contributed by atoms with Crippen molar-refractivity contribution in [2.24, 2.45) is 11.8 Å². The number of benzene rings is 1. The van der Waals surface area contributed by atoms with Crippen molar-refractivity contribution in [3.8, 4) is 10.8 Å². The van der Waals surface area contributed by atoms with Gasteiger partial charge in [-0.05, 0) is 51.8 Å². The first-order valence-corrected chi connectivity index (χ1v) is 14.9. The average Bonchev–Trinajstić information content (AvgIpc) is 3.60. The first-order chi connectivity index (χ1) is 20.7. The summed E-state index contributed by atoms with van der Waals surface area (Å²) in [5.74, 6) is -2.67. The summed E-state index contributed by atoms with van der Waals surface area (Å²) < 4.78 is 28.3. The van der Waals surface area contributed by atoms with Crippen LogP contribution in [0, 0.1) is 24.6 Å². The average molecular weight is 630 g/mol. The van der Waals surface area contributed by atoms with Crippen molar-refractivity contribution in [3.63, 3.8) is 0 Å². The molecular formula is C30H36FN5O7S. The number of ketones is 1. The Morgan fingerprint density at radius 2 is 1.80 bits per heavy atom. The lowest BCUT2D eigenvalue weighted by Crippen LogP contribution is -2.53. The number of hydrogen-bond donors (Lipinski definition) is 1. The normalized spacial score (nSPS) is 13.4. The van der Waals surface area contributed by atoms with Gasteiger partial charge in [-0.15, -0.1) is 4.80 Å². The number of Topliss-reactive ketones (excluding diaryl/α,β-unsaturated/α-hetero) is 1. The van der Waals surface area contributed by atoms with E-state index in [-0.39, 0.29) is 52.8 Å². The van der Waals surface area contributed by atoms with Crippen LogP contribution in [0.2, 0.25) is 0 Å². The third-order valence-electron chi connectivity index (χ3n) is 7.48. The molecule has 0 aliphatic heterocycles. The van der Waals surface area contributed by atoms with Crippen molar-refractivity contribution in [1.29, 1.82) is 0 Å². The van der Waals surface area contributed by atoms with Gasteiger partial charge in [0.15, 0.2) is 5.78 Å². The standard InChI is InChI=1S/C30H36FN5O7S/c1-16(2)12-23(37)30(5,6)35-25(38)24-18(4)26(36-32-10-11-33-36)44-27(24)34(29(35)41)14-22(43-15-17(3)28(39)40)20-13-19(31)8-9-21(20)42-7/h8-11,13,16-17,22H,12,14-15H2,1-7H3,(H,39,40)/t17?,22-/m0/s1. The molecule has 0 aliphatic rings. The molecule has 4 aromatic rings. The van der Waals surface area contributed by atoms with Gasteiger partial charge < -0.3 is 14.6 Å². The second-order valence-electron chi connectivity index (χ2n) is 11.6. The molecule has 236 valence electrons. The number of fused-ring (bicyclic) bond motifs is 1. The van der Waals surface area contributed by atoms with Crippen LogP contribution in [0.25, 0.3) is 15.2 Å². The fourth-order valence-electron chi connectivity index (χ4n) is 4.94. The molecule has 4 rings (SSSR count). The molecule has 1 aromatic carbocycles. The Hall–Kier alpha value is -4.17. The van der Waals surface area contributed by atoms with Crippen molar-refractivity contribution in [2.45, 2.75) is 66.2 Å². The quantitative estimate of drug-likeness (QED) is 0.231. The summed E-state index contributed by atoms with van der Waals surface area (Å²) in [5.41, 5.74) is -2.20. The highest BCUT2D eigenvalue weighted by molar-refractivity contribution is 7.21. The Bertz CT molecular complexity index is 1810. The van der Waals surface area contributed by atoms with Gasteiger partial charge in [0.25, 0.3) is 5.56 Å². The predicted octanol–water partition coefficient (Wildman–Crippen LogP) is 4.09. The predicted molar refractivity (Wildman–Crippen MR) is 162 cm³/mol. The first kappa shape index (κ1) is 32.7. The number of thiophene rings is 1. The Balaban J connectivity index is 2.02. The van der Waals surface area contributed by atoms with E-state index in [2.05, 4.69) is 10.2 Å². The maximum Gasteiger partial charge on any atom is 0.333 e. The highest BCUT2D eigenvalue weighted by atomic mass is 32.1. The zero-order chi connectivity index (χ0) is 32.5. The van der Waals surface area contributed by atoms with E-state index in [4.69, 9.17) is 9.47 Å². The molecule has 14 heteroatoms. The van der Waals surface area contributed by atoms with E-state index in [1.54, 1.807) is 6.92 Å². The molecule has 0 spiro atoms. The number of carboxylic acids is 1. The molecule has 0 radical (unpaired) electrons. The second kappa shape index (κ2) is 12.8. The summed E-state index contributed by atoms with van der Waals surface area (Å²) in [6, 6.07) is 3.81. The van der Waals surface area contributed by atoms with Crippen molar-refractivity contribution in [3.05, 3.63) is 68.4 Å². The van der Waals surface area contributed by atoms with Crippen LogP contribution in [0.5, 0.6) is 5.75 Å². The van der Waals surface area contributed by atoms with Crippen molar-refractivity contribution >= 4 is 33.3 Å². The minimum absolute atomic E-state index is 0.0155. The molecule has 3 aromatic heterocycles. The van der Waals surface area contributed by atoms with Gasteiger partial charge in [0.1, 0.15) is 33.0 Å². The number of aliphatic carboxylic acids is 1. The molecule has 0 bridgehead atoms. The van der Waals surface area contributed by atoms with E-state index in [1.807, 2.05) is 13.8 Å². The highest BCUT2D eigenvalue weighted by Crippen LogP contribution is 2.34. The molecule has 1 unspecified atom stereocenters. The van der Waals surface area contributed by atoms with E-state index >= 15 is 0 Å². The van der Waals surface area contributed by atoms with E-state index in [9.17, 15) is 28.7 Å². The number of carbonyl (C=O) groups is 2. The van der Waals surface area contributed by atoms with Gasteiger partial charge in [-0.2, -0.15) is 10.2 Å². The number of carbonyl (C=O) groups excluding carboxylic acids is 1. The number of methoxy groups -OCH3 is 1. The molecule has 0 amide bonds. The van der Waals surface area contributed by atoms with Crippen molar-refractivity contribution in [2.75, 3.05) is 13.7 Å². The van der Waals surface area contributed by atoms with Crippen LogP contribution in [-0.4, -0.2) is 54.7 Å². The van der Waals surface area contributed by atoms with Crippen LogP contribution >= 0.6 is 11.3 Å². The second-order valence-corrected chi connectivity index (χ2v) is 12.6. The minimum atomic E-state index is -1.52. The van der Waals surface area contributed by atoms with Crippen LogP contribution in [0.4, 0.5) is 4.39 Å². The number of nitrogens with zero attached hydrogens (tertiary/aromatic N) is 5. The van der Waals surface area contributed by atoms with E-state index in [1.165, 1.54) is 67.8 Å². The number of hydrogen-bond acceptors (Lipinski definition) is 9. The smallest absolute Gasteiger partial charge is 0.333 e. The molecule has 0 fully saturated rings. The van der Waals surface area contributed by atoms with Crippen molar-refractivity contribution in [1.82, 2.24) is 24.1 Å². The van der Waals surface area contributed by atoms with E-state index in [0.717, 1.165) is 15.9 Å². The Labute approximate surface area is 256 Å². The van der Waals surface area contributed by atoms with E-state index < -0.39 is 40.6 Å². The SMILES string of the molecule is COc1ccc(F)cc1[C@H](Cn1c(=O)n(C(C)(C)C(=O)CC(C)C)c(=O)c2c(C)c(-n3nccn3)sc21)OCC(C)C(=O)O. The van der Waals surface area contributed by atoms with Gasteiger partial charge in [0.05, 0.1) is 44.0 Å². The molecule has 0 saturated carbocycles. The van der Waals surface area contributed by atoms with Gasteiger partial charge in [-0.25, -0.2) is 13.8 Å². The van der Waals surface area contributed by atoms with Crippen LogP contribution < -0.4 is 16.0 Å². The lowest BCUT2D eigenvalue weighted by molar-refractivity contribution is -0.144. The van der Waals surface area contributed by atoms with Gasteiger partial charge in [0.2, 0.25) is 0 Å². The summed E-state index contributed by atoms with van der Waals surface area (Å²) in [7, 11) is 1.40. The third-order valence-corrected chi connectivity index (χ3v) is 8.76. The molecular weight excluding hydrogens is 593 g/mol. The van der Waals surface area contributed by atoms with Gasteiger partial charge >= 0.3 is 11.7 Å². The summed E-state index contributed by atoms with van der Waals surface area (Å²) in [5, 5.41) is 18.5. The Kier molecular flexibility index (Phi) is 9.54. The summed E-state index contributed by atoms with van der Waals surface area (Å²) >= 11 is 1.10. The van der Waals surface area contributed by atoms with E-state index in [0.29, 0.717) is 10.6 Å². The lowest BCUT2D eigenvalue weighted by Gasteiger charge is -2.28. The number of carboxylic acid groups (broad SMARTS) is 1. The molecule has 3 heterocycles. The summed E-state index contributed by atoms with van der Waals surface area (Å²) in [4.78, 5) is 55.1. The zero-order valence-corrected chi connectivity index (χ0v) is 26.5. The monoisotopic (exact) mass is 629 g/mol. The van der Waals surface area contributed by atoms with Gasteiger partial charge in [-0.3, -0.25) is 19.0 Å². The summed E-state index contributed by atoms with van der Waals surface area (Å²) in [6.07, 6.45) is 2.01. The van der Waals surface area contributed by atoms with Gasteiger partial charge in [-0.1, -0.05) is 25.2 Å². The fourth-order valence-corrected chi connectivity index (χ4v) is 6.16. The van der Waals surface area contributed by atoms with Crippen LogP contribution in [0.15, 0.2) is 40.2 Å². The molecule has 2 atom stereocenters. The Morgan fingerprint density at radius 3 is 2.39 bits per heavy atom. The molecule has 12 nitrogen and oxygen atoms in total.